The molecular formula is C28H42F4N4O2. The molecule has 0 spiro atoms. The van der Waals surface area contributed by atoms with Crippen LogP contribution in [0.1, 0.15) is 77.6 Å². The Balaban J connectivity index is 1.35. The van der Waals surface area contributed by atoms with Gasteiger partial charge in [-0.1, -0.05) is 13.3 Å². The van der Waals surface area contributed by atoms with Crippen LogP contribution >= 0.6 is 0 Å². The van der Waals surface area contributed by atoms with Crippen LogP contribution in [0.15, 0.2) is 16.9 Å². The van der Waals surface area contributed by atoms with E-state index in [9.17, 15) is 27.5 Å². The van der Waals surface area contributed by atoms with E-state index in [1.54, 1.807) is 18.2 Å². The van der Waals surface area contributed by atoms with Crippen molar-refractivity contribution < 1.29 is 27.5 Å². The second-order valence-electron chi connectivity index (χ2n) is 12.2. The van der Waals surface area contributed by atoms with Crippen LogP contribution in [0.5, 0.6) is 0 Å². The Morgan fingerprint density at radius 1 is 1.13 bits per heavy atom. The standard InChI is InChI=1S/C28H42F4N4O2/c1-3-13-33-26(37)22-6-4-5-21-23(16-35(2)25(21)22)27(38,28(30,31)32)18-7-12-24-17(14-18)15-34-36(24)20-10-8-19(29)9-11-20/h15-22,24-25,38H,3-14H2,1-2H3,(H,33,37). The number of nitrogens with one attached hydrogen (secondary N) is 1. The topological polar surface area (TPSA) is 68.2 Å². The van der Waals surface area contributed by atoms with Gasteiger partial charge in [0.15, 0.2) is 5.60 Å². The van der Waals surface area contributed by atoms with Crippen LogP contribution in [0.4, 0.5) is 17.6 Å². The molecule has 214 valence electrons. The molecule has 7 atom stereocenters. The minimum Gasteiger partial charge on any atom is -0.376 e. The lowest BCUT2D eigenvalue weighted by Crippen LogP contribution is -2.58. The van der Waals surface area contributed by atoms with Gasteiger partial charge in [0.05, 0.1) is 12.0 Å². The normalized spacial score (nSPS) is 38.9. The Kier molecular flexibility index (Phi) is 7.74. The SMILES string of the molecule is CCCNC(=O)C1CCCC2C(C(O)(C3CCC4C(C=NN4C4CCC(F)CC4)C3)C(F)(F)F)=CN(C)C12. The third-order valence-electron chi connectivity index (χ3n) is 10.0. The number of alkyl halides is 4. The van der Waals surface area contributed by atoms with Gasteiger partial charge in [0.25, 0.3) is 0 Å². The molecule has 0 aromatic rings. The zero-order valence-electron chi connectivity index (χ0n) is 22.5. The molecule has 3 aliphatic carbocycles. The summed E-state index contributed by atoms with van der Waals surface area (Å²) in [6.45, 7) is 2.51. The summed E-state index contributed by atoms with van der Waals surface area (Å²) >= 11 is 0. The van der Waals surface area contributed by atoms with Gasteiger partial charge in [0, 0.05) is 55.8 Å². The summed E-state index contributed by atoms with van der Waals surface area (Å²) in [5.74, 6) is -2.17. The number of halogens is 4. The molecule has 5 rings (SSSR count). The quantitative estimate of drug-likeness (QED) is 0.474. The molecular weight excluding hydrogens is 500 g/mol. The van der Waals surface area contributed by atoms with Gasteiger partial charge in [0.1, 0.15) is 6.17 Å². The molecule has 0 radical (unpaired) electrons. The van der Waals surface area contributed by atoms with Crippen molar-refractivity contribution in [3.63, 3.8) is 0 Å². The summed E-state index contributed by atoms with van der Waals surface area (Å²) in [4.78, 5) is 14.7. The van der Waals surface area contributed by atoms with E-state index in [0.29, 0.717) is 57.9 Å². The second-order valence-corrected chi connectivity index (χ2v) is 12.2. The fourth-order valence-corrected chi connectivity index (χ4v) is 8.14. The van der Waals surface area contributed by atoms with Crippen LogP contribution in [-0.2, 0) is 4.79 Å². The number of amides is 1. The molecule has 38 heavy (non-hydrogen) atoms. The predicted molar refractivity (Wildman–Crippen MR) is 137 cm³/mol. The highest BCUT2D eigenvalue weighted by Gasteiger charge is 2.65. The van der Waals surface area contributed by atoms with Crippen LogP contribution in [0.25, 0.3) is 0 Å². The van der Waals surface area contributed by atoms with Crippen molar-refractivity contribution in [3.05, 3.63) is 11.8 Å². The first-order valence-electron chi connectivity index (χ1n) is 14.5. The molecule has 10 heteroatoms. The van der Waals surface area contributed by atoms with E-state index in [-0.39, 0.29) is 48.4 Å². The summed E-state index contributed by atoms with van der Waals surface area (Å²) in [6.07, 6.45) is 3.67. The highest BCUT2D eigenvalue weighted by atomic mass is 19.4. The number of rotatable bonds is 6. The van der Waals surface area contributed by atoms with Crippen LogP contribution in [0.2, 0.25) is 0 Å². The van der Waals surface area contributed by atoms with E-state index in [1.165, 1.54) is 6.20 Å². The van der Waals surface area contributed by atoms with Crippen LogP contribution in [0.3, 0.4) is 0 Å². The van der Waals surface area contributed by atoms with Crippen molar-refractivity contribution in [2.45, 2.75) is 114 Å². The molecule has 5 aliphatic rings. The lowest BCUT2D eigenvalue weighted by molar-refractivity contribution is -0.270. The number of hydrazone groups is 1. The molecule has 0 saturated heterocycles. The van der Waals surface area contributed by atoms with Gasteiger partial charge in [-0.15, -0.1) is 0 Å². The average molecular weight is 543 g/mol. The molecule has 0 aromatic carbocycles. The molecule has 7 unspecified atom stereocenters. The fourth-order valence-electron chi connectivity index (χ4n) is 8.14. The maximum atomic E-state index is 14.9. The van der Waals surface area contributed by atoms with E-state index < -0.39 is 35.7 Å². The van der Waals surface area contributed by atoms with Crippen LogP contribution in [0, 0.1) is 23.7 Å². The van der Waals surface area contributed by atoms with Crippen molar-refractivity contribution in [3.8, 4) is 0 Å². The molecule has 3 fully saturated rings. The monoisotopic (exact) mass is 542 g/mol. The highest BCUT2D eigenvalue weighted by Crippen LogP contribution is 2.55. The van der Waals surface area contributed by atoms with Gasteiger partial charge in [-0.3, -0.25) is 9.80 Å². The van der Waals surface area contributed by atoms with E-state index in [4.69, 9.17) is 0 Å². The van der Waals surface area contributed by atoms with Crippen molar-refractivity contribution in [2.24, 2.45) is 28.8 Å². The summed E-state index contributed by atoms with van der Waals surface area (Å²) in [5, 5.41) is 21.3. The van der Waals surface area contributed by atoms with E-state index in [0.717, 1.165) is 6.42 Å². The molecule has 1 amide bonds. The summed E-state index contributed by atoms with van der Waals surface area (Å²) in [6, 6.07) is -0.231. The van der Waals surface area contributed by atoms with Gasteiger partial charge >= 0.3 is 6.18 Å². The first-order chi connectivity index (χ1) is 18.1. The number of carbonyl (C=O) groups is 1. The number of hydrogen-bond donors (Lipinski definition) is 2. The summed E-state index contributed by atoms with van der Waals surface area (Å²) in [7, 11) is 1.73. The van der Waals surface area contributed by atoms with Crippen molar-refractivity contribution in [1.29, 1.82) is 0 Å². The zero-order chi connectivity index (χ0) is 27.2. The molecule has 2 N–H and O–H groups in total. The lowest BCUT2D eigenvalue weighted by Gasteiger charge is -2.47. The Hall–Kier alpha value is -1.84. The maximum absolute atomic E-state index is 14.9. The first kappa shape index (κ1) is 27.7. The van der Waals surface area contributed by atoms with Crippen molar-refractivity contribution >= 4 is 12.1 Å². The van der Waals surface area contributed by atoms with Gasteiger partial charge in [0.2, 0.25) is 5.91 Å². The fraction of sp³-hybridized carbons (Fsp3) is 0.857. The van der Waals surface area contributed by atoms with Gasteiger partial charge in [-0.25, -0.2) is 4.39 Å². The number of fused-ring (bicyclic) bond motifs is 2. The minimum atomic E-state index is -4.83. The third kappa shape index (κ3) is 4.73. The van der Waals surface area contributed by atoms with Crippen LogP contribution < -0.4 is 5.32 Å². The van der Waals surface area contributed by atoms with E-state index >= 15 is 0 Å². The molecule has 6 nitrogen and oxygen atoms in total. The lowest BCUT2D eigenvalue weighted by atomic mass is 9.63. The minimum absolute atomic E-state index is 0.0131. The Morgan fingerprint density at radius 3 is 2.55 bits per heavy atom. The number of carbonyl (C=O) groups excluding carboxylic acids is 1. The second kappa shape index (κ2) is 10.6. The van der Waals surface area contributed by atoms with Crippen molar-refractivity contribution in [2.75, 3.05) is 13.6 Å². The molecule has 2 aliphatic heterocycles. The highest BCUT2D eigenvalue weighted by molar-refractivity contribution is 5.79. The largest absolute Gasteiger partial charge is 0.421 e. The van der Waals surface area contributed by atoms with E-state index in [2.05, 4.69) is 10.4 Å². The number of nitrogens with zero attached hydrogens (tertiary/aromatic N) is 3. The predicted octanol–water partition coefficient (Wildman–Crippen LogP) is 4.79. The van der Waals surface area contributed by atoms with Crippen molar-refractivity contribution in [1.82, 2.24) is 15.2 Å². The van der Waals surface area contributed by atoms with E-state index in [1.807, 2.05) is 11.9 Å². The Bertz CT molecular complexity index is 934. The first-order valence-corrected chi connectivity index (χ1v) is 14.5. The molecule has 2 heterocycles. The average Bonchev–Trinajstić information content (AvgIpc) is 3.47. The smallest absolute Gasteiger partial charge is 0.376 e. The molecule has 0 bridgehead atoms. The number of aliphatic hydroxyl groups is 1. The third-order valence-corrected chi connectivity index (χ3v) is 10.0. The summed E-state index contributed by atoms with van der Waals surface area (Å²) < 4.78 is 58.5. The van der Waals surface area contributed by atoms with Gasteiger partial charge in [-0.05, 0) is 69.8 Å². The van der Waals surface area contributed by atoms with Gasteiger partial charge < -0.3 is 15.3 Å². The Labute approximate surface area is 222 Å². The Morgan fingerprint density at radius 2 is 1.87 bits per heavy atom. The number of hydrogen-bond acceptors (Lipinski definition) is 5. The van der Waals surface area contributed by atoms with Gasteiger partial charge in [-0.2, -0.15) is 18.3 Å². The maximum Gasteiger partial charge on any atom is 0.421 e. The van der Waals surface area contributed by atoms with Crippen LogP contribution in [-0.4, -0.2) is 76.8 Å². The molecule has 3 saturated carbocycles. The zero-order valence-corrected chi connectivity index (χ0v) is 22.5. The molecule has 0 aromatic heterocycles. The summed E-state index contributed by atoms with van der Waals surface area (Å²) in [5.41, 5.74) is -2.91.